The Morgan fingerprint density at radius 2 is 2.45 bits per heavy atom. The maximum absolute atomic E-state index is 10.1. The van der Waals surface area contributed by atoms with Crippen LogP contribution in [0.3, 0.4) is 0 Å². The number of aliphatic carboxylic acids is 1. The molecule has 0 unspecified atom stereocenters. The van der Waals surface area contributed by atoms with E-state index in [1.807, 2.05) is 18.4 Å². The fourth-order valence-electron chi connectivity index (χ4n) is 0.729. The lowest BCUT2D eigenvalue weighted by atomic mass is 10.2. The molecule has 1 N–H and O–H groups in total. The van der Waals surface area contributed by atoms with E-state index in [1.54, 1.807) is 17.4 Å². The van der Waals surface area contributed by atoms with Gasteiger partial charge in [-0.1, -0.05) is 0 Å². The van der Waals surface area contributed by atoms with Crippen molar-refractivity contribution in [1.82, 2.24) is 0 Å². The van der Waals surface area contributed by atoms with Crippen LogP contribution in [0.15, 0.2) is 17.5 Å². The highest BCUT2D eigenvalue weighted by atomic mass is 32.1. The van der Waals surface area contributed by atoms with Gasteiger partial charge in [-0.15, -0.1) is 11.3 Å². The molecule has 0 bridgehead atoms. The number of carboxylic acids is 1. The minimum atomic E-state index is -0.907. The van der Waals surface area contributed by atoms with Crippen LogP contribution in [0.5, 0.6) is 0 Å². The third-order valence-corrected chi connectivity index (χ3v) is 2.17. The Morgan fingerprint density at radius 3 is 2.91 bits per heavy atom. The average Bonchev–Trinajstić information content (AvgIpc) is 2.31. The first-order valence-electron chi connectivity index (χ1n) is 3.15. The van der Waals surface area contributed by atoms with Crippen molar-refractivity contribution in [1.29, 1.82) is 0 Å². The number of aryl methyl sites for hydroxylation is 1. The van der Waals surface area contributed by atoms with Crippen LogP contribution < -0.4 is 0 Å². The summed E-state index contributed by atoms with van der Waals surface area (Å²) in [5, 5.41) is 10.3. The van der Waals surface area contributed by atoms with Gasteiger partial charge in [-0.2, -0.15) is 0 Å². The highest BCUT2D eigenvalue weighted by molar-refractivity contribution is 7.10. The molecule has 0 fully saturated rings. The molecule has 0 aliphatic carbocycles. The molecule has 0 spiro atoms. The summed E-state index contributed by atoms with van der Waals surface area (Å²) in [6, 6.07) is 1.90. The lowest BCUT2D eigenvalue weighted by Gasteiger charge is -1.86. The second-order valence-electron chi connectivity index (χ2n) is 2.10. The first-order chi connectivity index (χ1) is 5.20. The lowest BCUT2D eigenvalue weighted by Crippen LogP contribution is -1.85. The first kappa shape index (κ1) is 8.01. The number of hydrogen-bond acceptors (Lipinski definition) is 2. The van der Waals surface area contributed by atoms with Gasteiger partial charge in [-0.25, -0.2) is 4.79 Å². The maximum atomic E-state index is 10.1. The third-order valence-electron chi connectivity index (χ3n) is 1.30. The molecule has 0 radical (unpaired) electrons. The number of carboxylic acid groups (broad SMARTS) is 1. The SMILES string of the molecule is Cc1sccc1C=CC(=O)O. The Balaban J connectivity index is 2.79. The predicted octanol–water partition coefficient (Wildman–Crippen LogP) is 2.15. The van der Waals surface area contributed by atoms with Gasteiger partial charge >= 0.3 is 5.97 Å². The lowest BCUT2D eigenvalue weighted by molar-refractivity contribution is -0.131. The molecule has 1 aromatic heterocycles. The quantitative estimate of drug-likeness (QED) is 0.687. The molecule has 1 heterocycles. The van der Waals surface area contributed by atoms with Gasteiger partial charge in [0.25, 0.3) is 0 Å². The molecular formula is C8H8O2S. The smallest absolute Gasteiger partial charge is 0.328 e. The number of carbonyl (C=O) groups is 1. The summed E-state index contributed by atoms with van der Waals surface area (Å²) in [5.41, 5.74) is 0.984. The molecule has 0 amide bonds. The highest BCUT2D eigenvalue weighted by Crippen LogP contribution is 2.15. The van der Waals surface area contributed by atoms with Crippen molar-refractivity contribution < 1.29 is 9.90 Å². The maximum Gasteiger partial charge on any atom is 0.328 e. The Hall–Kier alpha value is -1.09. The van der Waals surface area contributed by atoms with Crippen molar-refractivity contribution in [3.63, 3.8) is 0 Å². The van der Waals surface area contributed by atoms with Gasteiger partial charge in [-0.05, 0) is 30.0 Å². The van der Waals surface area contributed by atoms with E-state index < -0.39 is 5.97 Å². The van der Waals surface area contributed by atoms with Crippen molar-refractivity contribution >= 4 is 23.4 Å². The Bertz CT molecular complexity index is 286. The van der Waals surface area contributed by atoms with Crippen LogP contribution in [-0.4, -0.2) is 11.1 Å². The van der Waals surface area contributed by atoms with E-state index in [2.05, 4.69) is 0 Å². The van der Waals surface area contributed by atoms with Crippen molar-refractivity contribution in [2.24, 2.45) is 0 Å². The third kappa shape index (κ3) is 2.20. The summed E-state index contributed by atoms with van der Waals surface area (Å²) in [6.45, 7) is 1.96. The van der Waals surface area contributed by atoms with Gasteiger partial charge in [0.2, 0.25) is 0 Å². The van der Waals surface area contributed by atoms with Gasteiger partial charge in [0.15, 0.2) is 0 Å². The minimum absolute atomic E-state index is 0.907. The Morgan fingerprint density at radius 1 is 1.73 bits per heavy atom. The van der Waals surface area contributed by atoms with E-state index in [-0.39, 0.29) is 0 Å². The summed E-state index contributed by atoms with van der Waals surface area (Å²) in [6.07, 6.45) is 2.75. The zero-order chi connectivity index (χ0) is 8.27. The molecule has 1 rings (SSSR count). The first-order valence-corrected chi connectivity index (χ1v) is 4.03. The Kier molecular flexibility index (Phi) is 2.44. The van der Waals surface area contributed by atoms with E-state index in [1.165, 1.54) is 0 Å². The van der Waals surface area contributed by atoms with Gasteiger partial charge in [0.1, 0.15) is 0 Å². The van der Waals surface area contributed by atoms with Crippen LogP contribution in [0, 0.1) is 6.92 Å². The van der Waals surface area contributed by atoms with Crippen molar-refractivity contribution in [3.8, 4) is 0 Å². The van der Waals surface area contributed by atoms with Crippen molar-refractivity contribution in [3.05, 3.63) is 28.0 Å². The number of rotatable bonds is 2. The van der Waals surface area contributed by atoms with Crippen LogP contribution in [0.1, 0.15) is 10.4 Å². The zero-order valence-corrected chi connectivity index (χ0v) is 6.89. The van der Waals surface area contributed by atoms with Crippen LogP contribution in [0.4, 0.5) is 0 Å². The van der Waals surface area contributed by atoms with E-state index in [0.29, 0.717) is 0 Å². The second kappa shape index (κ2) is 3.34. The molecular weight excluding hydrogens is 160 g/mol. The van der Waals surface area contributed by atoms with Gasteiger partial charge in [-0.3, -0.25) is 0 Å². The molecule has 0 aliphatic heterocycles. The summed E-state index contributed by atoms with van der Waals surface area (Å²) in [5.74, 6) is -0.907. The van der Waals surface area contributed by atoms with Crippen LogP contribution in [0.25, 0.3) is 6.08 Å². The van der Waals surface area contributed by atoms with Crippen LogP contribution in [-0.2, 0) is 4.79 Å². The fraction of sp³-hybridized carbons (Fsp3) is 0.125. The van der Waals surface area contributed by atoms with Gasteiger partial charge in [0.05, 0.1) is 0 Å². The second-order valence-corrected chi connectivity index (χ2v) is 3.22. The normalized spacial score (nSPS) is 10.6. The minimum Gasteiger partial charge on any atom is -0.478 e. The molecule has 1 aromatic rings. The molecule has 58 valence electrons. The molecule has 0 aromatic carbocycles. The van der Waals surface area contributed by atoms with E-state index >= 15 is 0 Å². The number of thiophene rings is 1. The van der Waals surface area contributed by atoms with Crippen molar-refractivity contribution in [2.45, 2.75) is 6.92 Å². The van der Waals surface area contributed by atoms with E-state index in [0.717, 1.165) is 16.5 Å². The zero-order valence-electron chi connectivity index (χ0n) is 6.07. The largest absolute Gasteiger partial charge is 0.478 e. The molecule has 2 nitrogen and oxygen atoms in total. The molecule has 0 aliphatic rings. The standard InChI is InChI=1S/C8H8O2S/c1-6-7(4-5-11-6)2-3-8(9)10/h2-5H,1H3,(H,9,10). The topological polar surface area (TPSA) is 37.3 Å². The van der Waals surface area contributed by atoms with Crippen LogP contribution >= 0.6 is 11.3 Å². The average molecular weight is 168 g/mol. The molecule has 0 saturated heterocycles. The molecule has 3 heteroatoms. The monoisotopic (exact) mass is 168 g/mol. The molecule has 0 atom stereocenters. The fourth-order valence-corrected chi connectivity index (χ4v) is 1.42. The number of hydrogen-bond donors (Lipinski definition) is 1. The van der Waals surface area contributed by atoms with Crippen LogP contribution in [0.2, 0.25) is 0 Å². The molecule has 0 saturated carbocycles. The highest BCUT2D eigenvalue weighted by Gasteiger charge is 1.94. The molecule has 11 heavy (non-hydrogen) atoms. The predicted molar refractivity (Wildman–Crippen MR) is 45.7 cm³/mol. The summed E-state index contributed by atoms with van der Waals surface area (Å²) in [4.78, 5) is 11.3. The summed E-state index contributed by atoms with van der Waals surface area (Å²) in [7, 11) is 0. The van der Waals surface area contributed by atoms with E-state index in [4.69, 9.17) is 5.11 Å². The summed E-state index contributed by atoms with van der Waals surface area (Å²) >= 11 is 1.61. The van der Waals surface area contributed by atoms with Gasteiger partial charge in [0, 0.05) is 11.0 Å². The van der Waals surface area contributed by atoms with Crippen molar-refractivity contribution in [2.75, 3.05) is 0 Å². The Labute approximate surface area is 68.8 Å². The van der Waals surface area contributed by atoms with E-state index in [9.17, 15) is 4.79 Å². The van der Waals surface area contributed by atoms with Gasteiger partial charge < -0.3 is 5.11 Å². The summed E-state index contributed by atoms with van der Waals surface area (Å²) < 4.78 is 0.